The molecule has 1 saturated heterocycles. The summed E-state index contributed by atoms with van der Waals surface area (Å²) >= 11 is 5.93. The monoisotopic (exact) mass is 580 g/mol. The molecule has 0 radical (unpaired) electrons. The molecule has 1 aliphatic heterocycles. The molecule has 1 aromatic heterocycles. The Morgan fingerprint density at radius 2 is 2.00 bits per heavy atom. The van der Waals surface area contributed by atoms with E-state index in [1.807, 2.05) is 0 Å². The Hall–Kier alpha value is -3.08. The number of aromatic nitrogens is 2. The Morgan fingerprint density at radius 3 is 2.67 bits per heavy atom. The van der Waals surface area contributed by atoms with E-state index in [2.05, 4.69) is 20.6 Å². The second kappa shape index (κ2) is 13.3. The van der Waals surface area contributed by atoms with Crippen LogP contribution in [0.2, 0.25) is 5.02 Å². The highest BCUT2D eigenvalue weighted by Gasteiger charge is 2.27. The van der Waals surface area contributed by atoms with Crippen LogP contribution in [0.3, 0.4) is 0 Å². The van der Waals surface area contributed by atoms with Gasteiger partial charge in [-0.1, -0.05) is 11.6 Å². The summed E-state index contributed by atoms with van der Waals surface area (Å²) in [5.74, 6) is 2.00. The highest BCUT2D eigenvalue weighted by molar-refractivity contribution is 7.48. The fraction of sp³-hybridized carbons (Fsp3) is 0.360. The zero-order valence-corrected chi connectivity index (χ0v) is 22.9. The number of ether oxygens (including phenoxy) is 2. The summed E-state index contributed by atoms with van der Waals surface area (Å²) in [7, 11) is -3.88. The Kier molecular flexibility index (Phi) is 9.88. The number of phosphoric ester groups is 1. The van der Waals surface area contributed by atoms with Crippen LogP contribution in [0.4, 0.5) is 21.6 Å². The van der Waals surface area contributed by atoms with Gasteiger partial charge in [-0.05, 0) is 38.1 Å². The molecular formula is C25H27ClFN4O7P. The van der Waals surface area contributed by atoms with Gasteiger partial charge in [0.25, 0.3) is 0 Å². The van der Waals surface area contributed by atoms with E-state index in [0.717, 1.165) is 0 Å². The minimum absolute atomic E-state index is 0.0488. The number of hydrogen-bond donors (Lipinski definition) is 2. The van der Waals surface area contributed by atoms with Crippen LogP contribution >= 0.6 is 19.4 Å². The maximum absolute atomic E-state index is 13.6. The lowest BCUT2D eigenvalue weighted by Gasteiger charge is -2.20. The Balaban J connectivity index is 1.67. The second-order valence-corrected chi connectivity index (χ2v) is 10.3. The SMILES string of the molecule is CCOP(=O)(OCC)OCC(=C=O)Nc1cc2c(Nc3ccc(F)c(Cl)c3)ncnc2cc1OC1CCOC1. The number of benzene rings is 2. The third-order valence-corrected chi connectivity index (χ3v) is 7.33. The van der Waals surface area contributed by atoms with Crippen molar-refractivity contribution in [1.82, 2.24) is 9.97 Å². The van der Waals surface area contributed by atoms with Gasteiger partial charge in [0.05, 0.1) is 42.7 Å². The number of nitrogens with one attached hydrogen (secondary N) is 2. The maximum Gasteiger partial charge on any atom is 0.475 e. The summed E-state index contributed by atoms with van der Waals surface area (Å²) in [6.07, 6.45) is 1.85. The maximum atomic E-state index is 13.6. The van der Waals surface area contributed by atoms with Gasteiger partial charge in [0.15, 0.2) is 0 Å². The number of anilines is 3. The summed E-state index contributed by atoms with van der Waals surface area (Å²) in [4.78, 5) is 20.5. The molecule has 1 atom stereocenters. The third kappa shape index (κ3) is 7.52. The van der Waals surface area contributed by atoms with Crippen LogP contribution < -0.4 is 15.4 Å². The van der Waals surface area contributed by atoms with Crippen LogP contribution in [0.5, 0.6) is 5.75 Å². The summed E-state index contributed by atoms with van der Waals surface area (Å²) in [6.45, 7) is 4.00. The molecule has 2 heterocycles. The Morgan fingerprint density at radius 1 is 1.21 bits per heavy atom. The number of halogens is 2. The molecule has 4 rings (SSSR count). The molecule has 0 amide bonds. The molecular weight excluding hydrogens is 554 g/mol. The fourth-order valence-corrected chi connectivity index (χ4v) is 5.02. The lowest BCUT2D eigenvalue weighted by Crippen LogP contribution is -2.17. The first kappa shape index (κ1) is 28.9. The van der Waals surface area contributed by atoms with Crippen LogP contribution in [-0.4, -0.2) is 55.0 Å². The number of rotatable bonds is 13. The van der Waals surface area contributed by atoms with E-state index in [1.165, 1.54) is 24.5 Å². The number of phosphoric acid groups is 1. The van der Waals surface area contributed by atoms with E-state index in [0.29, 0.717) is 53.5 Å². The predicted molar refractivity (Wildman–Crippen MR) is 144 cm³/mol. The number of nitrogens with zero attached hydrogens (tertiary/aromatic N) is 2. The number of carbonyl (C=O) groups excluding carboxylic acids is 1. The van der Waals surface area contributed by atoms with Gasteiger partial charge < -0.3 is 20.1 Å². The summed E-state index contributed by atoms with van der Waals surface area (Å²) in [6, 6.07) is 7.55. The molecule has 0 spiro atoms. The van der Waals surface area contributed by atoms with Gasteiger partial charge in [0, 0.05) is 23.6 Å². The molecule has 1 aliphatic rings. The van der Waals surface area contributed by atoms with Gasteiger partial charge in [0.1, 0.15) is 48.1 Å². The van der Waals surface area contributed by atoms with Gasteiger partial charge in [-0.3, -0.25) is 13.6 Å². The van der Waals surface area contributed by atoms with E-state index >= 15 is 0 Å². The predicted octanol–water partition coefficient (Wildman–Crippen LogP) is 5.66. The molecule has 1 unspecified atom stereocenters. The van der Waals surface area contributed by atoms with Crippen molar-refractivity contribution in [3.05, 3.63) is 53.2 Å². The van der Waals surface area contributed by atoms with Gasteiger partial charge in [0.2, 0.25) is 0 Å². The molecule has 39 heavy (non-hydrogen) atoms. The quantitative estimate of drug-likeness (QED) is 0.192. The van der Waals surface area contributed by atoms with Crippen molar-refractivity contribution in [1.29, 1.82) is 0 Å². The number of fused-ring (bicyclic) bond motifs is 1. The Labute approximate surface area is 229 Å². The van der Waals surface area contributed by atoms with Crippen LogP contribution in [0, 0.1) is 5.82 Å². The molecule has 11 nitrogen and oxygen atoms in total. The van der Waals surface area contributed by atoms with Crippen molar-refractivity contribution < 1.29 is 36.8 Å². The van der Waals surface area contributed by atoms with Gasteiger partial charge in [-0.2, -0.15) is 0 Å². The van der Waals surface area contributed by atoms with Crippen molar-refractivity contribution in [2.45, 2.75) is 26.4 Å². The van der Waals surface area contributed by atoms with E-state index in [9.17, 15) is 13.8 Å². The van der Waals surface area contributed by atoms with Crippen molar-refractivity contribution in [2.24, 2.45) is 0 Å². The third-order valence-electron chi connectivity index (χ3n) is 5.45. The molecule has 2 aromatic carbocycles. The standard InChI is InChI=1S/C25H27ClFN4O7P/c1-3-35-39(33,36-4-2)37-13-17(12-32)30-23-10-19-22(11-24(23)38-18-7-8-34-14-18)28-15-29-25(19)31-16-5-6-21(27)20(26)9-16/h5-6,9-11,15,18,30H,3-4,7-8,13-14H2,1-2H3,(H,28,29,31). The van der Waals surface area contributed by atoms with Crippen molar-refractivity contribution >= 4 is 53.5 Å². The lowest BCUT2D eigenvalue weighted by molar-refractivity contribution is 0.129. The zero-order valence-electron chi connectivity index (χ0n) is 21.2. The minimum atomic E-state index is -3.88. The van der Waals surface area contributed by atoms with Crippen molar-refractivity contribution in [2.75, 3.05) is 43.7 Å². The van der Waals surface area contributed by atoms with Crippen molar-refractivity contribution in [3.8, 4) is 5.75 Å². The molecule has 208 valence electrons. The summed E-state index contributed by atoms with van der Waals surface area (Å²) in [5.41, 5.74) is 1.32. The van der Waals surface area contributed by atoms with Crippen LogP contribution in [-0.2, 0) is 27.7 Å². The lowest BCUT2D eigenvalue weighted by atomic mass is 10.1. The normalized spacial score (nSPS) is 15.2. The highest BCUT2D eigenvalue weighted by Crippen LogP contribution is 2.49. The molecule has 1 fully saturated rings. The molecule has 0 aliphatic carbocycles. The summed E-state index contributed by atoms with van der Waals surface area (Å²) in [5, 5.41) is 6.55. The first-order valence-corrected chi connectivity index (χ1v) is 14.0. The van der Waals surface area contributed by atoms with Gasteiger partial charge in [-0.15, -0.1) is 0 Å². The molecule has 0 saturated carbocycles. The van der Waals surface area contributed by atoms with E-state index in [-0.39, 0.29) is 30.0 Å². The first-order chi connectivity index (χ1) is 18.8. The molecule has 2 N–H and O–H groups in total. The average molecular weight is 581 g/mol. The smallest absolute Gasteiger partial charge is 0.475 e. The first-order valence-electron chi connectivity index (χ1n) is 12.1. The minimum Gasteiger partial charge on any atom is -0.486 e. The zero-order chi connectivity index (χ0) is 27.8. The van der Waals surface area contributed by atoms with E-state index in [4.69, 9.17) is 34.6 Å². The largest absolute Gasteiger partial charge is 0.486 e. The van der Waals surface area contributed by atoms with E-state index in [1.54, 1.807) is 31.9 Å². The summed E-state index contributed by atoms with van der Waals surface area (Å²) < 4.78 is 53.5. The topological polar surface area (TPSA) is 130 Å². The number of hydrogen-bond acceptors (Lipinski definition) is 11. The average Bonchev–Trinajstić information content (AvgIpc) is 3.42. The molecule has 3 aromatic rings. The molecule has 0 bridgehead atoms. The van der Waals surface area contributed by atoms with Crippen molar-refractivity contribution in [3.63, 3.8) is 0 Å². The fourth-order valence-electron chi connectivity index (χ4n) is 3.70. The molecule has 14 heteroatoms. The van der Waals surface area contributed by atoms with Crippen LogP contribution in [0.15, 0.2) is 42.4 Å². The second-order valence-electron chi connectivity index (χ2n) is 8.21. The van der Waals surface area contributed by atoms with Gasteiger partial charge >= 0.3 is 7.82 Å². The highest BCUT2D eigenvalue weighted by atomic mass is 35.5. The van der Waals surface area contributed by atoms with Crippen LogP contribution in [0.25, 0.3) is 10.9 Å². The van der Waals surface area contributed by atoms with Crippen LogP contribution in [0.1, 0.15) is 20.3 Å². The Bertz CT molecular complexity index is 1410. The van der Waals surface area contributed by atoms with Gasteiger partial charge in [-0.25, -0.2) is 23.7 Å². The van der Waals surface area contributed by atoms with E-state index < -0.39 is 20.2 Å².